The fourth-order valence-corrected chi connectivity index (χ4v) is 3.95. The van der Waals surface area contributed by atoms with Gasteiger partial charge in [0, 0.05) is 30.9 Å². The van der Waals surface area contributed by atoms with E-state index in [1.54, 1.807) is 0 Å². The second-order valence-electron chi connectivity index (χ2n) is 7.57. The van der Waals surface area contributed by atoms with Crippen LogP contribution in [0.2, 0.25) is 0 Å². The number of benzene rings is 1. The second-order valence-corrected chi connectivity index (χ2v) is 7.57. The number of nitrogens with zero attached hydrogens (tertiary/aromatic N) is 2. The van der Waals surface area contributed by atoms with Crippen molar-refractivity contribution in [1.82, 2.24) is 10.2 Å². The lowest BCUT2D eigenvalue weighted by Gasteiger charge is -2.43. The molecule has 6 heteroatoms. The van der Waals surface area contributed by atoms with Gasteiger partial charge in [0.2, 0.25) is 0 Å². The Bertz CT molecular complexity index is 668. The number of carboxylic acid groups (broad SMARTS) is 1. The minimum atomic E-state index is -0.762. The van der Waals surface area contributed by atoms with Gasteiger partial charge in [-0.25, -0.2) is 4.79 Å². The lowest BCUT2D eigenvalue weighted by Crippen LogP contribution is -2.57. The maximum absolute atomic E-state index is 12.6. The number of rotatable bonds is 6. The summed E-state index contributed by atoms with van der Waals surface area (Å²) in [4.78, 5) is 27.6. The molecule has 1 aromatic carbocycles. The van der Waals surface area contributed by atoms with Crippen LogP contribution in [0.3, 0.4) is 0 Å². The molecule has 4 rings (SSSR count). The van der Waals surface area contributed by atoms with E-state index in [-0.39, 0.29) is 24.7 Å². The minimum Gasteiger partial charge on any atom is -0.480 e. The minimum absolute atomic E-state index is 0.0274. The molecule has 2 fully saturated rings. The van der Waals surface area contributed by atoms with E-state index in [1.165, 1.54) is 18.4 Å². The molecule has 0 unspecified atom stereocenters. The van der Waals surface area contributed by atoms with E-state index >= 15 is 0 Å². The molecule has 2 aliphatic carbocycles. The van der Waals surface area contributed by atoms with E-state index in [9.17, 15) is 9.59 Å². The molecule has 25 heavy (non-hydrogen) atoms. The predicted molar refractivity (Wildman–Crippen MR) is 94.8 cm³/mol. The number of anilines is 1. The lowest BCUT2D eigenvalue weighted by atomic mass is 9.85. The van der Waals surface area contributed by atoms with Crippen molar-refractivity contribution in [3.8, 4) is 0 Å². The van der Waals surface area contributed by atoms with Crippen molar-refractivity contribution in [2.75, 3.05) is 24.5 Å². The van der Waals surface area contributed by atoms with Gasteiger partial charge in [-0.15, -0.1) is 0 Å². The summed E-state index contributed by atoms with van der Waals surface area (Å²) in [6.45, 7) is 1.73. The second kappa shape index (κ2) is 6.67. The number of fused-ring (bicyclic) bond motifs is 1. The Hall–Kier alpha value is -2.08. The van der Waals surface area contributed by atoms with Crippen molar-refractivity contribution in [3.05, 3.63) is 29.8 Å². The van der Waals surface area contributed by atoms with Crippen LogP contribution in [0.15, 0.2) is 24.3 Å². The van der Waals surface area contributed by atoms with Crippen LogP contribution in [0.4, 0.5) is 10.5 Å². The SMILES string of the molecule is O=C(O)CN(CC1CC1)C1CC(NC(=O)N2CCc3ccccc32)C1. The maximum Gasteiger partial charge on any atom is 0.322 e. The molecule has 2 N–H and O–H groups in total. The zero-order chi connectivity index (χ0) is 17.4. The molecule has 0 radical (unpaired) electrons. The Labute approximate surface area is 147 Å². The molecule has 0 aromatic heterocycles. The molecule has 6 nitrogen and oxygen atoms in total. The fraction of sp³-hybridized carbons (Fsp3) is 0.579. The van der Waals surface area contributed by atoms with Crippen LogP contribution in [-0.2, 0) is 11.2 Å². The summed E-state index contributed by atoms with van der Waals surface area (Å²) < 4.78 is 0. The number of carbonyl (C=O) groups is 2. The highest BCUT2D eigenvalue weighted by molar-refractivity contribution is 5.94. The average molecular weight is 343 g/mol. The van der Waals surface area contributed by atoms with Crippen LogP contribution in [-0.4, -0.2) is 53.7 Å². The number of amides is 2. The van der Waals surface area contributed by atoms with Crippen LogP contribution in [0, 0.1) is 5.92 Å². The quantitative estimate of drug-likeness (QED) is 0.829. The van der Waals surface area contributed by atoms with E-state index in [0.29, 0.717) is 5.92 Å². The van der Waals surface area contributed by atoms with Crippen molar-refractivity contribution in [3.63, 3.8) is 0 Å². The smallest absolute Gasteiger partial charge is 0.322 e. The van der Waals surface area contributed by atoms with Crippen molar-refractivity contribution in [1.29, 1.82) is 0 Å². The van der Waals surface area contributed by atoms with Gasteiger partial charge >= 0.3 is 12.0 Å². The summed E-state index contributed by atoms with van der Waals surface area (Å²) >= 11 is 0. The molecule has 1 heterocycles. The Balaban J connectivity index is 1.29. The molecule has 1 aliphatic heterocycles. The van der Waals surface area contributed by atoms with Gasteiger partial charge in [-0.1, -0.05) is 18.2 Å². The van der Waals surface area contributed by atoms with E-state index < -0.39 is 5.97 Å². The first-order valence-corrected chi connectivity index (χ1v) is 9.22. The van der Waals surface area contributed by atoms with Gasteiger partial charge in [0.1, 0.15) is 0 Å². The average Bonchev–Trinajstić information content (AvgIpc) is 3.24. The van der Waals surface area contributed by atoms with Gasteiger partial charge in [0.25, 0.3) is 0 Å². The van der Waals surface area contributed by atoms with E-state index in [2.05, 4.69) is 16.3 Å². The van der Waals surface area contributed by atoms with Crippen LogP contribution in [0.25, 0.3) is 0 Å². The van der Waals surface area contributed by atoms with E-state index in [1.807, 2.05) is 23.1 Å². The summed E-state index contributed by atoms with van der Waals surface area (Å²) in [5, 5.41) is 12.2. The van der Waals surface area contributed by atoms with Crippen molar-refractivity contribution in [2.24, 2.45) is 5.92 Å². The van der Waals surface area contributed by atoms with Crippen molar-refractivity contribution < 1.29 is 14.7 Å². The molecule has 0 bridgehead atoms. The van der Waals surface area contributed by atoms with Gasteiger partial charge in [-0.3, -0.25) is 14.6 Å². The van der Waals surface area contributed by atoms with Gasteiger partial charge in [0.15, 0.2) is 0 Å². The molecule has 134 valence electrons. The number of aliphatic carboxylic acids is 1. The first kappa shape index (κ1) is 16.4. The number of nitrogens with one attached hydrogen (secondary N) is 1. The molecule has 2 saturated carbocycles. The van der Waals surface area contributed by atoms with Gasteiger partial charge in [0.05, 0.1) is 6.54 Å². The standard InChI is InChI=1S/C19H25N3O3/c23-18(24)12-21(11-13-5-6-13)16-9-15(10-16)20-19(25)22-8-7-14-3-1-2-4-17(14)22/h1-4,13,15-16H,5-12H2,(H,20,25)(H,23,24). The number of hydrogen-bond donors (Lipinski definition) is 2. The van der Waals surface area contributed by atoms with Crippen LogP contribution in [0.5, 0.6) is 0 Å². The van der Waals surface area contributed by atoms with Gasteiger partial charge in [-0.05, 0) is 49.7 Å². The van der Waals surface area contributed by atoms with Crippen molar-refractivity contribution >= 4 is 17.7 Å². The summed E-state index contributed by atoms with van der Waals surface area (Å²) in [6.07, 6.45) is 5.04. The largest absolute Gasteiger partial charge is 0.480 e. The molecule has 0 spiro atoms. The topological polar surface area (TPSA) is 72.9 Å². The van der Waals surface area contributed by atoms with Gasteiger partial charge in [-0.2, -0.15) is 0 Å². The Morgan fingerprint density at radius 2 is 2.00 bits per heavy atom. The third-order valence-corrected chi connectivity index (χ3v) is 5.62. The number of carboxylic acids is 1. The van der Waals surface area contributed by atoms with E-state index in [4.69, 9.17) is 5.11 Å². The van der Waals surface area contributed by atoms with Crippen LogP contribution in [0.1, 0.15) is 31.2 Å². The normalized spacial score (nSPS) is 24.8. The summed E-state index contributed by atoms with van der Waals surface area (Å²) in [7, 11) is 0. The van der Waals surface area contributed by atoms with Crippen molar-refractivity contribution in [2.45, 2.75) is 44.2 Å². The highest BCUT2D eigenvalue weighted by Crippen LogP contribution is 2.34. The molecule has 0 saturated heterocycles. The lowest BCUT2D eigenvalue weighted by molar-refractivity contribution is -0.139. The van der Waals surface area contributed by atoms with Crippen LogP contribution < -0.4 is 10.2 Å². The Kier molecular flexibility index (Phi) is 4.37. The summed E-state index contributed by atoms with van der Waals surface area (Å²) in [6, 6.07) is 8.45. The number of hydrogen-bond acceptors (Lipinski definition) is 3. The van der Waals surface area contributed by atoms with Gasteiger partial charge < -0.3 is 10.4 Å². The highest BCUT2D eigenvalue weighted by atomic mass is 16.4. The molecule has 1 aromatic rings. The molecular formula is C19H25N3O3. The predicted octanol–water partition coefficient (Wildman–Crippen LogP) is 2.09. The number of para-hydroxylation sites is 1. The molecule has 0 atom stereocenters. The number of carbonyl (C=O) groups excluding carboxylic acids is 1. The number of urea groups is 1. The molecule has 3 aliphatic rings. The molecular weight excluding hydrogens is 318 g/mol. The highest BCUT2D eigenvalue weighted by Gasteiger charge is 2.38. The third-order valence-electron chi connectivity index (χ3n) is 5.62. The Morgan fingerprint density at radius 3 is 2.72 bits per heavy atom. The zero-order valence-electron chi connectivity index (χ0n) is 14.4. The first-order chi connectivity index (χ1) is 12.1. The zero-order valence-corrected chi connectivity index (χ0v) is 14.4. The maximum atomic E-state index is 12.6. The molecule has 2 amide bonds. The van der Waals surface area contributed by atoms with Crippen LogP contribution >= 0.6 is 0 Å². The fourth-order valence-electron chi connectivity index (χ4n) is 3.95. The Morgan fingerprint density at radius 1 is 1.24 bits per heavy atom. The summed E-state index contributed by atoms with van der Waals surface area (Å²) in [5.41, 5.74) is 2.23. The third kappa shape index (κ3) is 3.63. The summed E-state index contributed by atoms with van der Waals surface area (Å²) in [5.74, 6) is -0.0871. The van der Waals surface area contributed by atoms with E-state index in [0.717, 1.165) is 38.0 Å². The monoisotopic (exact) mass is 343 g/mol. The first-order valence-electron chi connectivity index (χ1n) is 9.22.